The van der Waals surface area contributed by atoms with Crippen molar-refractivity contribution in [3.8, 4) is 5.75 Å². The van der Waals surface area contributed by atoms with E-state index in [9.17, 15) is 4.79 Å². The largest absolute Gasteiger partial charge is 0.495 e. The molecule has 0 bridgehead atoms. The number of aromatic nitrogens is 4. The van der Waals surface area contributed by atoms with Gasteiger partial charge in [0.2, 0.25) is 0 Å². The predicted molar refractivity (Wildman–Crippen MR) is 124 cm³/mol. The van der Waals surface area contributed by atoms with E-state index in [0.717, 1.165) is 16.6 Å². The molecule has 8 nitrogen and oxygen atoms in total. The molecule has 0 fully saturated rings. The minimum Gasteiger partial charge on any atom is -0.495 e. The van der Waals surface area contributed by atoms with Crippen molar-refractivity contribution in [3.63, 3.8) is 0 Å². The number of rotatable bonds is 8. The van der Waals surface area contributed by atoms with Crippen molar-refractivity contribution in [2.24, 2.45) is 0 Å². The van der Waals surface area contributed by atoms with E-state index < -0.39 is 0 Å². The number of aryl methyl sites for hydroxylation is 1. The number of nitrogens with zero attached hydrogens (tertiary/aromatic N) is 4. The number of carbonyl (C=O) groups is 1. The van der Waals surface area contributed by atoms with Crippen molar-refractivity contribution in [3.05, 3.63) is 76.8 Å². The van der Waals surface area contributed by atoms with Crippen LogP contribution in [-0.4, -0.2) is 32.8 Å². The molecule has 0 aliphatic heterocycles. The summed E-state index contributed by atoms with van der Waals surface area (Å²) in [5.41, 5.74) is 3.53. The lowest BCUT2D eigenvalue weighted by atomic mass is 10.1. The van der Waals surface area contributed by atoms with Gasteiger partial charge in [0, 0.05) is 25.5 Å². The number of methoxy groups -OCH3 is 1. The summed E-state index contributed by atoms with van der Waals surface area (Å²) in [7, 11) is 1.58. The van der Waals surface area contributed by atoms with E-state index in [-0.39, 0.29) is 5.91 Å². The summed E-state index contributed by atoms with van der Waals surface area (Å²) in [5.74, 6) is 0.366. The Bertz CT molecular complexity index is 1240. The van der Waals surface area contributed by atoms with Gasteiger partial charge < -0.3 is 15.4 Å². The average molecular weight is 451 g/mol. The number of benzene rings is 1. The Morgan fingerprint density at radius 2 is 2.03 bits per heavy atom. The van der Waals surface area contributed by atoms with E-state index in [0.29, 0.717) is 47.3 Å². The van der Waals surface area contributed by atoms with Crippen molar-refractivity contribution < 1.29 is 9.53 Å². The highest BCUT2D eigenvalue weighted by Crippen LogP contribution is 2.28. The van der Waals surface area contributed by atoms with Crippen LogP contribution in [0.15, 0.2) is 55.0 Å². The molecule has 1 amide bonds. The predicted octanol–water partition coefficient (Wildman–Crippen LogP) is 4.05. The van der Waals surface area contributed by atoms with E-state index >= 15 is 0 Å². The maximum Gasteiger partial charge on any atom is 0.255 e. The molecule has 9 heteroatoms. The minimum atomic E-state index is -0.246. The SMILES string of the molecule is CCn1ncc2c(NCc3ccc(OC)c(Cl)c3)c(C(=O)NCc3ccccn3)cnc21. The molecular formula is C23H23ClN6O2. The number of fused-ring (bicyclic) bond motifs is 1. The molecular weight excluding hydrogens is 428 g/mol. The van der Waals surface area contributed by atoms with Crippen molar-refractivity contribution in [1.29, 1.82) is 0 Å². The van der Waals surface area contributed by atoms with Crippen molar-refractivity contribution >= 4 is 34.2 Å². The Kier molecular flexibility index (Phi) is 6.51. The van der Waals surface area contributed by atoms with Gasteiger partial charge in [0.15, 0.2) is 5.65 Å². The van der Waals surface area contributed by atoms with Crippen LogP contribution >= 0.6 is 11.6 Å². The number of halogens is 1. The van der Waals surface area contributed by atoms with E-state index in [1.165, 1.54) is 0 Å². The second kappa shape index (κ2) is 9.65. The molecule has 0 unspecified atom stereocenters. The van der Waals surface area contributed by atoms with Gasteiger partial charge in [-0.05, 0) is 36.8 Å². The second-order valence-electron chi connectivity index (χ2n) is 7.07. The molecule has 0 radical (unpaired) electrons. The lowest BCUT2D eigenvalue weighted by molar-refractivity contribution is 0.0951. The monoisotopic (exact) mass is 450 g/mol. The summed E-state index contributed by atoms with van der Waals surface area (Å²) in [6, 6.07) is 11.2. The highest BCUT2D eigenvalue weighted by molar-refractivity contribution is 6.32. The molecule has 0 saturated carbocycles. The van der Waals surface area contributed by atoms with Crippen LogP contribution in [0.5, 0.6) is 5.75 Å². The molecule has 3 aromatic heterocycles. The Balaban J connectivity index is 1.62. The summed E-state index contributed by atoms with van der Waals surface area (Å²) < 4.78 is 7.01. The third kappa shape index (κ3) is 4.50. The van der Waals surface area contributed by atoms with Gasteiger partial charge in [-0.15, -0.1) is 0 Å². The molecule has 4 aromatic rings. The lowest BCUT2D eigenvalue weighted by Gasteiger charge is -2.14. The molecule has 0 saturated heterocycles. The van der Waals surface area contributed by atoms with Gasteiger partial charge in [0.25, 0.3) is 5.91 Å². The molecule has 1 aromatic carbocycles. The summed E-state index contributed by atoms with van der Waals surface area (Å²) in [4.78, 5) is 21.8. The van der Waals surface area contributed by atoms with Gasteiger partial charge >= 0.3 is 0 Å². The van der Waals surface area contributed by atoms with Crippen LogP contribution in [0, 0.1) is 0 Å². The van der Waals surface area contributed by atoms with Crippen molar-refractivity contribution in [2.75, 3.05) is 12.4 Å². The van der Waals surface area contributed by atoms with E-state index in [2.05, 4.69) is 25.7 Å². The topological polar surface area (TPSA) is 94.0 Å². The van der Waals surface area contributed by atoms with Gasteiger partial charge in [-0.1, -0.05) is 23.7 Å². The zero-order chi connectivity index (χ0) is 22.5. The van der Waals surface area contributed by atoms with Crippen LogP contribution in [0.1, 0.15) is 28.5 Å². The Morgan fingerprint density at radius 3 is 2.75 bits per heavy atom. The van der Waals surface area contributed by atoms with Crippen LogP contribution in [0.3, 0.4) is 0 Å². The average Bonchev–Trinajstić information content (AvgIpc) is 3.25. The summed E-state index contributed by atoms with van der Waals surface area (Å²) in [6.45, 7) is 3.45. The van der Waals surface area contributed by atoms with E-state index in [1.807, 2.05) is 43.3 Å². The Hall–Kier alpha value is -3.65. The molecule has 0 spiro atoms. The Morgan fingerprint density at radius 1 is 1.16 bits per heavy atom. The molecule has 164 valence electrons. The molecule has 4 rings (SSSR count). The molecule has 3 heterocycles. The van der Waals surface area contributed by atoms with Crippen LogP contribution in [0.4, 0.5) is 5.69 Å². The van der Waals surface area contributed by atoms with Gasteiger partial charge in [0.05, 0.1) is 47.2 Å². The van der Waals surface area contributed by atoms with Crippen LogP contribution in [0.2, 0.25) is 5.02 Å². The first-order valence-corrected chi connectivity index (χ1v) is 10.6. The first-order chi connectivity index (χ1) is 15.6. The van der Waals surface area contributed by atoms with E-state index in [4.69, 9.17) is 16.3 Å². The molecule has 2 N–H and O–H groups in total. The van der Waals surface area contributed by atoms with Crippen LogP contribution in [-0.2, 0) is 19.6 Å². The fourth-order valence-corrected chi connectivity index (χ4v) is 3.68. The number of ether oxygens (including phenoxy) is 1. The summed E-state index contributed by atoms with van der Waals surface area (Å²) in [5, 5.41) is 12.0. The standard InChI is InChI=1S/C23H23ClN6O2/c1-3-30-22-17(14-29-30)21(26-11-15-7-8-20(32-2)19(24)10-15)18(13-27-22)23(31)28-12-16-6-4-5-9-25-16/h4-10,13-14H,3,11-12H2,1-2H3,(H,26,27)(H,28,31). The second-order valence-corrected chi connectivity index (χ2v) is 7.48. The number of anilines is 1. The number of hydrogen-bond acceptors (Lipinski definition) is 6. The summed E-state index contributed by atoms with van der Waals surface area (Å²) >= 11 is 6.26. The number of amides is 1. The minimum absolute atomic E-state index is 0.246. The van der Waals surface area contributed by atoms with Crippen LogP contribution < -0.4 is 15.4 Å². The van der Waals surface area contributed by atoms with Crippen LogP contribution in [0.25, 0.3) is 11.0 Å². The number of hydrogen-bond donors (Lipinski definition) is 2. The van der Waals surface area contributed by atoms with Crippen molar-refractivity contribution in [2.45, 2.75) is 26.6 Å². The Labute approximate surface area is 190 Å². The maximum atomic E-state index is 13.0. The molecule has 32 heavy (non-hydrogen) atoms. The van der Waals surface area contributed by atoms with Gasteiger partial charge in [-0.2, -0.15) is 5.10 Å². The molecule has 0 aliphatic rings. The van der Waals surface area contributed by atoms with E-state index in [1.54, 1.807) is 30.4 Å². The normalized spacial score (nSPS) is 10.8. The third-order valence-electron chi connectivity index (χ3n) is 5.05. The van der Waals surface area contributed by atoms with Gasteiger partial charge in [-0.3, -0.25) is 9.78 Å². The third-order valence-corrected chi connectivity index (χ3v) is 5.35. The fourth-order valence-electron chi connectivity index (χ4n) is 3.40. The lowest BCUT2D eigenvalue weighted by Crippen LogP contribution is -2.24. The zero-order valence-electron chi connectivity index (χ0n) is 17.8. The highest BCUT2D eigenvalue weighted by Gasteiger charge is 2.18. The first-order valence-electron chi connectivity index (χ1n) is 10.2. The smallest absolute Gasteiger partial charge is 0.255 e. The molecule has 0 aliphatic carbocycles. The number of carbonyl (C=O) groups excluding carboxylic acids is 1. The number of pyridine rings is 2. The quantitative estimate of drug-likeness (QED) is 0.420. The molecule has 0 atom stereocenters. The summed E-state index contributed by atoms with van der Waals surface area (Å²) in [6.07, 6.45) is 5.00. The highest BCUT2D eigenvalue weighted by atomic mass is 35.5. The zero-order valence-corrected chi connectivity index (χ0v) is 18.6. The number of nitrogens with one attached hydrogen (secondary N) is 2. The van der Waals surface area contributed by atoms with Gasteiger partial charge in [-0.25, -0.2) is 9.67 Å². The van der Waals surface area contributed by atoms with Crippen molar-refractivity contribution in [1.82, 2.24) is 25.1 Å². The maximum absolute atomic E-state index is 13.0. The van der Waals surface area contributed by atoms with Gasteiger partial charge in [0.1, 0.15) is 5.75 Å². The fraction of sp³-hybridized carbons (Fsp3) is 0.217. The first kappa shape index (κ1) is 21.6.